The molecule has 1 aliphatic rings. The third-order valence-electron chi connectivity index (χ3n) is 1.45. The summed E-state index contributed by atoms with van der Waals surface area (Å²) < 4.78 is 5.23. The van der Waals surface area contributed by atoms with Crippen LogP contribution in [0.5, 0.6) is 0 Å². The Hall–Kier alpha value is -1.18. The van der Waals surface area contributed by atoms with Crippen LogP contribution in [0.1, 0.15) is 6.92 Å². The number of allylic oxidation sites excluding steroid dienone is 3. The SMILES string of the molecule is C=C1OCCN/C1=C/C=C\C. The molecule has 1 saturated heterocycles. The second kappa shape index (κ2) is 3.86. The van der Waals surface area contributed by atoms with E-state index in [0.29, 0.717) is 6.61 Å². The van der Waals surface area contributed by atoms with E-state index in [1.54, 1.807) is 0 Å². The molecule has 1 rings (SSSR count). The van der Waals surface area contributed by atoms with Crippen molar-refractivity contribution in [2.24, 2.45) is 0 Å². The first-order chi connectivity index (χ1) is 5.34. The number of ether oxygens (including phenoxy) is 1. The second-order valence-corrected chi connectivity index (χ2v) is 2.30. The molecule has 0 aromatic carbocycles. The molecule has 0 aliphatic carbocycles. The Morgan fingerprint density at radius 1 is 1.64 bits per heavy atom. The van der Waals surface area contributed by atoms with Crippen molar-refractivity contribution < 1.29 is 4.74 Å². The summed E-state index contributed by atoms with van der Waals surface area (Å²) in [6.45, 7) is 7.32. The van der Waals surface area contributed by atoms with Crippen molar-refractivity contribution in [3.63, 3.8) is 0 Å². The second-order valence-electron chi connectivity index (χ2n) is 2.30. The zero-order valence-corrected chi connectivity index (χ0v) is 6.76. The molecule has 2 heteroatoms. The van der Waals surface area contributed by atoms with Crippen molar-refractivity contribution in [1.29, 1.82) is 0 Å². The van der Waals surface area contributed by atoms with Gasteiger partial charge in [0.2, 0.25) is 0 Å². The zero-order chi connectivity index (χ0) is 8.10. The average Bonchev–Trinajstić information content (AvgIpc) is 2.03. The van der Waals surface area contributed by atoms with Gasteiger partial charge in [-0.2, -0.15) is 0 Å². The number of hydrogen-bond acceptors (Lipinski definition) is 2. The van der Waals surface area contributed by atoms with Crippen molar-refractivity contribution in [2.45, 2.75) is 6.92 Å². The third kappa shape index (κ3) is 2.15. The summed E-state index contributed by atoms with van der Waals surface area (Å²) in [6.07, 6.45) is 5.89. The molecule has 0 spiro atoms. The largest absolute Gasteiger partial charge is 0.490 e. The lowest BCUT2D eigenvalue weighted by Crippen LogP contribution is -2.26. The minimum Gasteiger partial charge on any atom is -0.490 e. The van der Waals surface area contributed by atoms with Crippen molar-refractivity contribution >= 4 is 0 Å². The minimum absolute atomic E-state index is 0.714. The summed E-state index contributed by atoms with van der Waals surface area (Å²) in [5.74, 6) is 0.731. The Bertz CT molecular complexity index is 204. The molecule has 0 radical (unpaired) electrons. The van der Waals surface area contributed by atoms with E-state index in [-0.39, 0.29) is 0 Å². The third-order valence-corrected chi connectivity index (χ3v) is 1.45. The Kier molecular flexibility index (Phi) is 2.78. The van der Waals surface area contributed by atoms with Crippen molar-refractivity contribution in [2.75, 3.05) is 13.2 Å². The van der Waals surface area contributed by atoms with E-state index in [1.807, 2.05) is 25.2 Å². The fourth-order valence-electron chi connectivity index (χ4n) is 0.881. The molecule has 60 valence electrons. The van der Waals surface area contributed by atoms with Crippen LogP contribution in [0.15, 0.2) is 36.3 Å². The predicted molar refractivity (Wildman–Crippen MR) is 46.0 cm³/mol. The molecule has 1 aliphatic heterocycles. The van der Waals surface area contributed by atoms with E-state index in [2.05, 4.69) is 11.9 Å². The van der Waals surface area contributed by atoms with Gasteiger partial charge < -0.3 is 10.1 Å². The van der Waals surface area contributed by atoms with Gasteiger partial charge in [-0.15, -0.1) is 0 Å². The summed E-state index contributed by atoms with van der Waals surface area (Å²) in [7, 11) is 0. The lowest BCUT2D eigenvalue weighted by Gasteiger charge is -2.19. The normalized spacial score (nSPS) is 21.9. The average molecular weight is 151 g/mol. The van der Waals surface area contributed by atoms with Crippen LogP contribution >= 0.6 is 0 Å². The number of hydrogen-bond donors (Lipinski definition) is 1. The Balaban J connectivity index is 2.61. The molecule has 1 heterocycles. The first-order valence-corrected chi connectivity index (χ1v) is 3.73. The van der Waals surface area contributed by atoms with Gasteiger partial charge in [0.05, 0.1) is 5.70 Å². The molecule has 0 saturated carbocycles. The van der Waals surface area contributed by atoms with Gasteiger partial charge in [-0.1, -0.05) is 18.7 Å². The van der Waals surface area contributed by atoms with E-state index in [4.69, 9.17) is 4.74 Å². The van der Waals surface area contributed by atoms with E-state index in [0.717, 1.165) is 18.0 Å². The van der Waals surface area contributed by atoms with Crippen LogP contribution in [0, 0.1) is 0 Å². The maximum absolute atomic E-state index is 5.23. The van der Waals surface area contributed by atoms with Gasteiger partial charge in [-0.3, -0.25) is 0 Å². The Morgan fingerprint density at radius 2 is 2.45 bits per heavy atom. The van der Waals surface area contributed by atoms with Crippen LogP contribution in [0.3, 0.4) is 0 Å². The molecule has 11 heavy (non-hydrogen) atoms. The van der Waals surface area contributed by atoms with E-state index < -0.39 is 0 Å². The fraction of sp³-hybridized carbons (Fsp3) is 0.333. The molecule has 0 aromatic heterocycles. The topological polar surface area (TPSA) is 21.3 Å². The van der Waals surface area contributed by atoms with Crippen LogP contribution in [0.2, 0.25) is 0 Å². The van der Waals surface area contributed by atoms with Crippen LogP contribution in [-0.4, -0.2) is 13.2 Å². The van der Waals surface area contributed by atoms with Gasteiger partial charge in [0, 0.05) is 6.54 Å². The van der Waals surface area contributed by atoms with E-state index in [1.165, 1.54) is 0 Å². The zero-order valence-electron chi connectivity index (χ0n) is 6.76. The summed E-state index contributed by atoms with van der Waals surface area (Å²) in [4.78, 5) is 0. The molecule has 0 amide bonds. The van der Waals surface area contributed by atoms with E-state index >= 15 is 0 Å². The molecule has 2 nitrogen and oxygen atoms in total. The smallest absolute Gasteiger partial charge is 0.135 e. The highest BCUT2D eigenvalue weighted by Crippen LogP contribution is 2.09. The predicted octanol–water partition coefficient (Wildman–Crippen LogP) is 1.58. The van der Waals surface area contributed by atoms with Crippen LogP contribution in [0.4, 0.5) is 0 Å². The van der Waals surface area contributed by atoms with Gasteiger partial charge in [0.15, 0.2) is 0 Å². The lowest BCUT2D eigenvalue weighted by molar-refractivity contribution is 0.199. The fourth-order valence-corrected chi connectivity index (χ4v) is 0.881. The molecule has 0 atom stereocenters. The maximum atomic E-state index is 5.23. The van der Waals surface area contributed by atoms with Gasteiger partial charge in [-0.25, -0.2) is 0 Å². The molecule has 0 bridgehead atoms. The molecular formula is C9H13NO. The van der Waals surface area contributed by atoms with Crippen molar-refractivity contribution in [3.8, 4) is 0 Å². The standard InChI is InChI=1S/C9H13NO/c1-3-4-5-9-8(2)11-7-6-10-9/h3-5,10H,2,6-7H2,1H3/b4-3-,9-5+. The summed E-state index contributed by atoms with van der Waals surface area (Å²) in [6, 6.07) is 0. The van der Waals surface area contributed by atoms with Gasteiger partial charge in [0.25, 0.3) is 0 Å². The molecular weight excluding hydrogens is 138 g/mol. The van der Waals surface area contributed by atoms with Gasteiger partial charge >= 0.3 is 0 Å². The highest BCUT2D eigenvalue weighted by molar-refractivity contribution is 5.26. The highest BCUT2D eigenvalue weighted by atomic mass is 16.5. The molecule has 0 unspecified atom stereocenters. The quantitative estimate of drug-likeness (QED) is 0.614. The first-order valence-electron chi connectivity index (χ1n) is 3.73. The maximum Gasteiger partial charge on any atom is 0.135 e. The first kappa shape index (κ1) is 7.92. The van der Waals surface area contributed by atoms with Crippen molar-refractivity contribution in [3.05, 3.63) is 36.3 Å². The summed E-state index contributed by atoms with van der Waals surface area (Å²) >= 11 is 0. The van der Waals surface area contributed by atoms with Gasteiger partial charge in [-0.05, 0) is 13.0 Å². The number of rotatable bonds is 1. The summed E-state index contributed by atoms with van der Waals surface area (Å²) in [5, 5.41) is 3.19. The highest BCUT2D eigenvalue weighted by Gasteiger charge is 2.07. The Morgan fingerprint density at radius 3 is 3.09 bits per heavy atom. The minimum atomic E-state index is 0.714. The molecule has 0 aromatic rings. The lowest BCUT2D eigenvalue weighted by atomic mass is 10.3. The van der Waals surface area contributed by atoms with Crippen LogP contribution < -0.4 is 5.32 Å². The Labute approximate surface area is 67.2 Å². The molecule has 1 N–H and O–H groups in total. The number of morpholine rings is 1. The van der Waals surface area contributed by atoms with Crippen LogP contribution in [-0.2, 0) is 4.74 Å². The van der Waals surface area contributed by atoms with Gasteiger partial charge in [0.1, 0.15) is 12.4 Å². The van der Waals surface area contributed by atoms with Crippen molar-refractivity contribution in [1.82, 2.24) is 5.32 Å². The van der Waals surface area contributed by atoms with Crippen LogP contribution in [0.25, 0.3) is 0 Å². The number of nitrogens with one attached hydrogen (secondary N) is 1. The molecule has 1 fully saturated rings. The summed E-state index contributed by atoms with van der Waals surface area (Å²) in [5.41, 5.74) is 0.981. The van der Waals surface area contributed by atoms with E-state index in [9.17, 15) is 0 Å². The monoisotopic (exact) mass is 151 g/mol.